The van der Waals surface area contributed by atoms with E-state index in [0.717, 1.165) is 36.5 Å². The lowest BCUT2D eigenvalue weighted by molar-refractivity contribution is -0.910. The second-order valence-corrected chi connectivity index (χ2v) is 25.7. The number of thioether (sulfide) groups is 3. The summed E-state index contributed by atoms with van der Waals surface area (Å²) in [4.78, 5) is 37.6. The molecular weight excluding hydrogens is 843 g/mol. The minimum Gasteiger partial charge on any atom is -0.460 e. The van der Waals surface area contributed by atoms with Crippen molar-refractivity contribution >= 4 is 79.6 Å². The van der Waals surface area contributed by atoms with Crippen LogP contribution in [0.4, 0.5) is 0 Å². The average Bonchev–Trinajstić information content (AvgIpc) is 3.21. The van der Waals surface area contributed by atoms with Gasteiger partial charge >= 0.3 is 44.3 Å². The second kappa shape index (κ2) is 33.4. The maximum atomic E-state index is 12.5. The zero-order valence-corrected chi connectivity index (χ0v) is 41.1. The van der Waals surface area contributed by atoms with Crippen LogP contribution in [0, 0.1) is 0 Å². The van der Waals surface area contributed by atoms with E-state index < -0.39 is 26.4 Å². The van der Waals surface area contributed by atoms with Gasteiger partial charge in [0.1, 0.15) is 39.5 Å². The number of hydrogen-bond donors (Lipinski definition) is 0. The molecule has 0 aromatic rings. The number of likely N-dealkylation sites (N-methyl/N-ethyl adjacent to an activating group) is 1. The lowest BCUT2D eigenvalue weighted by Gasteiger charge is -2.34. The van der Waals surface area contributed by atoms with Gasteiger partial charge in [0.25, 0.3) is 0 Å². The van der Waals surface area contributed by atoms with Crippen molar-refractivity contribution in [1.29, 1.82) is 0 Å². The molecule has 0 spiro atoms. The standard InChI is InChI=1S/C34H72NO15S3Si3/c1-35(17-20-48-32(36)14-26-51-23-11-29-54(39-2,40-3)41-4,18-21-49-33(37)15-27-52-24-12-30-55(42-5,43-6)44-7)19-22-50-34(38)16-28-53-25-13-31-56(45-8,46-9)47-10/h11-31H2,1-10H3/q+1. The highest BCUT2D eigenvalue weighted by molar-refractivity contribution is 7.99. The van der Waals surface area contributed by atoms with Crippen LogP contribution in [0.25, 0.3) is 0 Å². The van der Waals surface area contributed by atoms with E-state index in [1.807, 2.05) is 7.05 Å². The molecule has 56 heavy (non-hydrogen) atoms. The van der Waals surface area contributed by atoms with Crippen molar-refractivity contribution in [3.05, 3.63) is 0 Å². The first-order valence-electron chi connectivity index (χ1n) is 18.9. The van der Waals surface area contributed by atoms with Crippen molar-refractivity contribution in [2.24, 2.45) is 0 Å². The molecule has 0 heterocycles. The normalized spacial score (nSPS) is 12.5. The Hall–Kier alpha value is -0.289. The fourth-order valence-corrected chi connectivity index (χ4v) is 13.8. The van der Waals surface area contributed by atoms with Gasteiger partial charge in [-0.2, -0.15) is 35.3 Å². The fraction of sp³-hybridized carbons (Fsp3) is 0.912. The van der Waals surface area contributed by atoms with Gasteiger partial charge in [0.2, 0.25) is 0 Å². The molecule has 22 heteroatoms. The Bertz CT molecular complexity index is 886. The van der Waals surface area contributed by atoms with Gasteiger partial charge in [-0.1, -0.05) is 0 Å². The predicted octanol–water partition coefficient (Wildman–Crippen LogP) is 4.24. The number of ether oxygens (including phenoxy) is 3. The molecule has 0 atom stereocenters. The van der Waals surface area contributed by atoms with Crippen LogP contribution < -0.4 is 0 Å². The molecule has 0 aliphatic rings. The number of carbonyl (C=O) groups is 3. The Morgan fingerprint density at radius 3 is 0.857 bits per heavy atom. The molecular formula is C34H72NO15S3Si3+. The Morgan fingerprint density at radius 2 is 0.643 bits per heavy atom. The van der Waals surface area contributed by atoms with Gasteiger partial charge in [-0.05, 0) is 36.5 Å². The van der Waals surface area contributed by atoms with E-state index in [-0.39, 0.29) is 37.7 Å². The summed E-state index contributed by atoms with van der Waals surface area (Å²) >= 11 is 5.01. The van der Waals surface area contributed by atoms with Crippen LogP contribution in [0.2, 0.25) is 18.1 Å². The molecule has 0 aliphatic carbocycles. The zero-order chi connectivity index (χ0) is 42.2. The third-order valence-electron chi connectivity index (χ3n) is 9.15. The van der Waals surface area contributed by atoms with Gasteiger partial charge in [-0.3, -0.25) is 14.4 Å². The molecule has 0 amide bonds. The third kappa shape index (κ3) is 24.7. The molecule has 0 aromatic heterocycles. The summed E-state index contributed by atoms with van der Waals surface area (Å²) in [5.41, 5.74) is 0. The highest BCUT2D eigenvalue weighted by Crippen LogP contribution is 2.20. The molecule has 0 saturated heterocycles. The van der Waals surface area contributed by atoms with Crippen molar-refractivity contribution in [1.82, 2.24) is 0 Å². The topological polar surface area (TPSA) is 162 Å². The minimum atomic E-state index is -2.59. The van der Waals surface area contributed by atoms with Crippen molar-refractivity contribution in [2.45, 2.75) is 56.7 Å². The maximum absolute atomic E-state index is 12.5. The lowest BCUT2D eigenvalue weighted by atomic mass is 10.3. The number of esters is 3. The molecule has 0 aliphatic heterocycles. The molecule has 0 N–H and O–H groups in total. The second-order valence-electron chi connectivity index (χ2n) is 12.7. The van der Waals surface area contributed by atoms with E-state index in [2.05, 4.69) is 0 Å². The number of carbonyl (C=O) groups excluding carboxylic acids is 3. The van der Waals surface area contributed by atoms with Crippen molar-refractivity contribution in [3.8, 4) is 0 Å². The molecule has 16 nitrogen and oxygen atoms in total. The SMILES string of the molecule is CO[Si](CCCSCCC(=O)OCC[N+](C)(CCOC(=O)CCSCCC[Si](OC)(OC)OC)CCOC(=O)CCSCCC[Si](OC)(OC)OC)(OC)OC. The van der Waals surface area contributed by atoms with Crippen molar-refractivity contribution in [2.75, 3.05) is 145 Å². The van der Waals surface area contributed by atoms with E-state index in [1.165, 1.54) is 0 Å². The highest BCUT2D eigenvalue weighted by Gasteiger charge is 2.38. The van der Waals surface area contributed by atoms with Crippen molar-refractivity contribution in [3.63, 3.8) is 0 Å². The molecule has 0 radical (unpaired) electrons. The summed E-state index contributed by atoms with van der Waals surface area (Å²) in [5.74, 6) is 3.64. The van der Waals surface area contributed by atoms with Gasteiger partial charge in [-0.15, -0.1) is 0 Å². The Kier molecular flexibility index (Phi) is 33.3. The largest absolute Gasteiger partial charge is 0.500 e. The van der Waals surface area contributed by atoms with Gasteiger partial charge < -0.3 is 58.5 Å². The van der Waals surface area contributed by atoms with Crippen LogP contribution in [-0.4, -0.2) is 194 Å². The first-order valence-corrected chi connectivity index (χ1v) is 28.1. The molecule has 0 aromatic carbocycles. The van der Waals surface area contributed by atoms with Crippen LogP contribution in [0.5, 0.6) is 0 Å². The third-order valence-corrected chi connectivity index (χ3v) is 20.9. The number of hydrogen-bond acceptors (Lipinski definition) is 18. The monoisotopic (exact) mass is 914 g/mol. The number of nitrogens with zero attached hydrogens (tertiary/aromatic N) is 1. The summed E-state index contributed by atoms with van der Waals surface area (Å²) in [7, 11) is 8.60. The molecule has 0 saturated carbocycles. The van der Waals surface area contributed by atoms with Crippen LogP contribution in [0.15, 0.2) is 0 Å². The van der Waals surface area contributed by atoms with E-state index in [1.54, 1.807) is 99.3 Å². The van der Waals surface area contributed by atoms with Gasteiger partial charge in [0.15, 0.2) is 0 Å². The average molecular weight is 915 g/mol. The summed E-state index contributed by atoms with van der Waals surface area (Å²) in [6.45, 7) is 2.00. The van der Waals surface area contributed by atoms with E-state index in [0.29, 0.717) is 78.8 Å². The number of quaternary nitrogens is 1. The molecule has 0 rings (SSSR count). The van der Waals surface area contributed by atoms with Gasteiger partial charge in [0, 0.05) is 99.4 Å². The molecule has 0 bridgehead atoms. The summed E-state index contributed by atoms with van der Waals surface area (Å²) < 4.78 is 66.2. The van der Waals surface area contributed by atoms with Gasteiger partial charge in [-0.25, -0.2) is 0 Å². The predicted molar refractivity (Wildman–Crippen MR) is 228 cm³/mol. The van der Waals surface area contributed by atoms with E-state index >= 15 is 0 Å². The van der Waals surface area contributed by atoms with Crippen molar-refractivity contribution < 1.29 is 72.9 Å². The summed E-state index contributed by atoms with van der Waals surface area (Å²) in [6, 6.07) is 2.11. The van der Waals surface area contributed by atoms with Crippen LogP contribution in [-0.2, 0) is 68.4 Å². The Labute approximate surface area is 352 Å². The van der Waals surface area contributed by atoms with E-state index in [9.17, 15) is 14.4 Å². The van der Waals surface area contributed by atoms with Crippen LogP contribution in [0.1, 0.15) is 38.5 Å². The number of rotatable bonds is 39. The highest BCUT2D eigenvalue weighted by atomic mass is 32.2. The smallest absolute Gasteiger partial charge is 0.460 e. The molecule has 332 valence electrons. The molecule has 0 unspecified atom stereocenters. The van der Waals surface area contributed by atoms with Crippen LogP contribution >= 0.6 is 35.3 Å². The maximum Gasteiger partial charge on any atom is 0.500 e. The fourth-order valence-electron chi connectivity index (χ4n) is 5.30. The summed E-state index contributed by atoms with van der Waals surface area (Å²) in [6.07, 6.45) is 3.44. The van der Waals surface area contributed by atoms with Gasteiger partial charge in [0.05, 0.1) is 26.3 Å². The summed E-state index contributed by atoms with van der Waals surface area (Å²) in [5, 5.41) is 0. The van der Waals surface area contributed by atoms with E-state index in [4.69, 9.17) is 54.0 Å². The Morgan fingerprint density at radius 1 is 0.411 bits per heavy atom. The molecule has 0 fully saturated rings. The zero-order valence-electron chi connectivity index (χ0n) is 35.6. The Balaban J connectivity index is 4.79. The van der Waals surface area contributed by atoms with Crippen LogP contribution in [0.3, 0.4) is 0 Å². The quantitative estimate of drug-likeness (QED) is 0.0283. The minimum absolute atomic E-state index is 0.192. The first kappa shape index (κ1) is 55.7. The first-order chi connectivity index (χ1) is 26.8. The lowest BCUT2D eigenvalue weighted by Crippen LogP contribution is -2.51.